The predicted molar refractivity (Wildman–Crippen MR) is 83.0 cm³/mol. The van der Waals surface area contributed by atoms with E-state index in [4.69, 9.17) is 16.7 Å². The molecular formula is C14H19ClN2O3S. The molecule has 0 aliphatic carbocycles. The highest BCUT2D eigenvalue weighted by Gasteiger charge is 2.21. The van der Waals surface area contributed by atoms with Crippen LogP contribution in [0.1, 0.15) is 22.5 Å². The molecule has 0 spiro atoms. The Bertz CT molecular complexity index is 498. The Morgan fingerprint density at radius 2 is 1.90 bits per heavy atom. The third-order valence-electron chi connectivity index (χ3n) is 3.56. The van der Waals surface area contributed by atoms with Gasteiger partial charge in [-0.25, -0.2) is 0 Å². The van der Waals surface area contributed by atoms with Crippen molar-refractivity contribution >= 4 is 34.6 Å². The zero-order valence-corrected chi connectivity index (χ0v) is 13.3. The lowest BCUT2D eigenvalue weighted by Crippen LogP contribution is -2.49. The first-order valence-corrected chi connectivity index (χ1v) is 8.19. The predicted octanol–water partition coefficient (Wildman–Crippen LogP) is 1.50. The number of piperazine rings is 1. The molecule has 21 heavy (non-hydrogen) atoms. The monoisotopic (exact) mass is 330 g/mol. The standard InChI is InChI=1S/C14H19ClN2O3S/c15-13-3-2-12(21-13)11(19)1-4-14(20)17-7-5-16(6-8-17)9-10-18/h2-3,18H,1,4-10H2. The van der Waals surface area contributed by atoms with E-state index < -0.39 is 0 Å². The van der Waals surface area contributed by atoms with Crippen molar-refractivity contribution in [2.24, 2.45) is 0 Å². The summed E-state index contributed by atoms with van der Waals surface area (Å²) in [5.74, 6) is -0.00572. The Balaban J connectivity index is 1.74. The molecule has 1 N–H and O–H groups in total. The minimum absolute atomic E-state index is 0.0228. The van der Waals surface area contributed by atoms with E-state index in [9.17, 15) is 9.59 Å². The van der Waals surface area contributed by atoms with Crippen molar-refractivity contribution in [3.63, 3.8) is 0 Å². The van der Waals surface area contributed by atoms with Crippen molar-refractivity contribution in [3.05, 3.63) is 21.3 Å². The summed E-state index contributed by atoms with van der Waals surface area (Å²) in [5, 5.41) is 8.88. The number of aliphatic hydroxyl groups is 1. The van der Waals surface area contributed by atoms with Gasteiger partial charge in [-0.15, -0.1) is 11.3 Å². The van der Waals surface area contributed by atoms with Gasteiger partial charge in [-0.05, 0) is 12.1 Å². The smallest absolute Gasteiger partial charge is 0.223 e. The van der Waals surface area contributed by atoms with Crippen molar-refractivity contribution in [2.75, 3.05) is 39.3 Å². The molecule has 1 aromatic rings. The molecule has 116 valence electrons. The molecule has 7 heteroatoms. The average Bonchev–Trinajstić information content (AvgIpc) is 2.92. The molecule has 1 aliphatic heterocycles. The third-order valence-corrected chi connectivity index (χ3v) is 4.83. The number of halogens is 1. The maximum Gasteiger partial charge on any atom is 0.223 e. The Morgan fingerprint density at radius 1 is 1.19 bits per heavy atom. The van der Waals surface area contributed by atoms with Crippen LogP contribution in [0.4, 0.5) is 0 Å². The quantitative estimate of drug-likeness (QED) is 0.803. The van der Waals surface area contributed by atoms with Crippen LogP contribution in [0.2, 0.25) is 4.34 Å². The number of β-amino-alcohol motifs (C(OH)–C–C–N with tert-alkyl or cyclic N) is 1. The summed E-state index contributed by atoms with van der Waals surface area (Å²) < 4.78 is 0.588. The highest BCUT2D eigenvalue weighted by Crippen LogP contribution is 2.23. The molecular weight excluding hydrogens is 312 g/mol. The summed E-state index contributed by atoms with van der Waals surface area (Å²) in [6, 6.07) is 3.40. The number of hydrogen-bond acceptors (Lipinski definition) is 5. The average molecular weight is 331 g/mol. The minimum Gasteiger partial charge on any atom is -0.395 e. The van der Waals surface area contributed by atoms with E-state index in [0.29, 0.717) is 28.8 Å². The second-order valence-corrected chi connectivity index (χ2v) is 6.69. The molecule has 0 bridgehead atoms. The summed E-state index contributed by atoms with van der Waals surface area (Å²) in [6.45, 7) is 3.68. The SMILES string of the molecule is O=C(CCC(=O)N1CCN(CCO)CC1)c1ccc(Cl)s1. The van der Waals surface area contributed by atoms with Gasteiger partial charge in [0.15, 0.2) is 5.78 Å². The number of carbonyl (C=O) groups is 2. The van der Waals surface area contributed by atoms with Gasteiger partial charge in [0.2, 0.25) is 5.91 Å². The normalized spacial score (nSPS) is 16.2. The van der Waals surface area contributed by atoms with Crippen LogP contribution in [0.25, 0.3) is 0 Å². The highest BCUT2D eigenvalue weighted by atomic mass is 35.5. The first-order chi connectivity index (χ1) is 10.1. The van der Waals surface area contributed by atoms with Crippen LogP contribution in [0.5, 0.6) is 0 Å². The Kier molecular flexibility index (Phi) is 6.17. The van der Waals surface area contributed by atoms with E-state index >= 15 is 0 Å². The lowest BCUT2D eigenvalue weighted by molar-refractivity contribution is -0.132. The van der Waals surface area contributed by atoms with Crippen molar-refractivity contribution in [3.8, 4) is 0 Å². The van der Waals surface area contributed by atoms with Crippen molar-refractivity contribution < 1.29 is 14.7 Å². The molecule has 0 aromatic carbocycles. The minimum atomic E-state index is -0.0285. The fraction of sp³-hybridized carbons (Fsp3) is 0.571. The summed E-state index contributed by atoms with van der Waals surface area (Å²) in [6.07, 6.45) is 0.473. The Hall–Kier alpha value is -0.950. The fourth-order valence-electron chi connectivity index (χ4n) is 2.33. The van der Waals surface area contributed by atoms with Gasteiger partial charge in [0, 0.05) is 45.6 Å². The third kappa shape index (κ3) is 4.78. The van der Waals surface area contributed by atoms with Crippen LogP contribution in [-0.2, 0) is 4.79 Å². The summed E-state index contributed by atoms with van der Waals surface area (Å²) >= 11 is 7.05. The lowest BCUT2D eigenvalue weighted by Gasteiger charge is -2.34. The lowest BCUT2D eigenvalue weighted by atomic mass is 10.1. The van der Waals surface area contributed by atoms with Crippen LogP contribution in [-0.4, -0.2) is 65.9 Å². The molecule has 2 rings (SSSR count). The first kappa shape index (κ1) is 16.4. The van der Waals surface area contributed by atoms with E-state index in [1.165, 1.54) is 11.3 Å². The molecule has 1 fully saturated rings. The van der Waals surface area contributed by atoms with Gasteiger partial charge in [0.1, 0.15) is 0 Å². The van der Waals surface area contributed by atoms with E-state index in [1.54, 1.807) is 17.0 Å². The van der Waals surface area contributed by atoms with Gasteiger partial charge in [-0.2, -0.15) is 0 Å². The number of aliphatic hydroxyl groups excluding tert-OH is 1. The van der Waals surface area contributed by atoms with Crippen molar-refractivity contribution in [1.29, 1.82) is 0 Å². The van der Waals surface area contributed by atoms with Crippen molar-refractivity contribution in [1.82, 2.24) is 9.80 Å². The largest absolute Gasteiger partial charge is 0.395 e. The topological polar surface area (TPSA) is 60.9 Å². The van der Waals surface area contributed by atoms with Gasteiger partial charge in [0.05, 0.1) is 15.8 Å². The second-order valence-electron chi connectivity index (χ2n) is 4.97. The van der Waals surface area contributed by atoms with Gasteiger partial charge >= 0.3 is 0 Å². The number of nitrogens with zero attached hydrogens (tertiary/aromatic N) is 2. The second kappa shape index (κ2) is 7.89. The summed E-state index contributed by atoms with van der Waals surface area (Å²) in [7, 11) is 0. The van der Waals surface area contributed by atoms with Crippen LogP contribution in [0, 0.1) is 0 Å². The van der Waals surface area contributed by atoms with E-state index in [1.807, 2.05) is 0 Å². The zero-order chi connectivity index (χ0) is 15.2. The number of ketones is 1. The van der Waals surface area contributed by atoms with Crippen LogP contribution in [0.3, 0.4) is 0 Å². The maximum atomic E-state index is 12.1. The molecule has 0 radical (unpaired) electrons. The van der Waals surface area contributed by atoms with E-state index in [-0.39, 0.29) is 31.1 Å². The van der Waals surface area contributed by atoms with E-state index in [0.717, 1.165) is 13.1 Å². The summed E-state index contributed by atoms with van der Waals surface area (Å²) in [4.78, 5) is 28.5. The summed E-state index contributed by atoms with van der Waals surface area (Å²) in [5.41, 5.74) is 0. The van der Waals surface area contributed by atoms with Gasteiger partial charge in [0.25, 0.3) is 0 Å². The van der Waals surface area contributed by atoms with Crippen LogP contribution < -0.4 is 0 Å². The molecule has 5 nitrogen and oxygen atoms in total. The molecule has 0 saturated carbocycles. The Morgan fingerprint density at radius 3 is 2.48 bits per heavy atom. The molecule has 1 amide bonds. The molecule has 1 aromatic heterocycles. The first-order valence-electron chi connectivity index (χ1n) is 6.99. The number of carbonyl (C=O) groups excluding carboxylic acids is 2. The molecule has 0 atom stereocenters. The zero-order valence-electron chi connectivity index (χ0n) is 11.8. The number of Topliss-reactive ketones (excluding diaryl/α,β-unsaturated/α-hetero) is 1. The highest BCUT2D eigenvalue weighted by molar-refractivity contribution is 7.18. The number of hydrogen-bond donors (Lipinski definition) is 1. The van der Waals surface area contributed by atoms with Crippen LogP contribution in [0.15, 0.2) is 12.1 Å². The molecule has 0 unspecified atom stereocenters. The fourth-order valence-corrected chi connectivity index (χ4v) is 3.34. The molecule has 2 heterocycles. The van der Waals surface area contributed by atoms with Gasteiger partial charge in [-0.1, -0.05) is 11.6 Å². The maximum absolute atomic E-state index is 12.1. The van der Waals surface area contributed by atoms with Gasteiger partial charge < -0.3 is 10.0 Å². The number of amides is 1. The van der Waals surface area contributed by atoms with Crippen molar-refractivity contribution in [2.45, 2.75) is 12.8 Å². The number of rotatable bonds is 6. The molecule has 1 aliphatic rings. The van der Waals surface area contributed by atoms with E-state index in [2.05, 4.69) is 4.90 Å². The number of thiophene rings is 1. The van der Waals surface area contributed by atoms with Gasteiger partial charge in [-0.3, -0.25) is 14.5 Å². The Labute approximate surface area is 133 Å². The van der Waals surface area contributed by atoms with Crippen LogP contribution >= 0.6 is 22.9 Å². The molecule has 1 saturated heterocycles.